The molecule has 2 heterocycles. The van der Waals surface area contributed by atoms with Crippen molar-refractivity contribution >= 4 is 28.6 Å². The van der Waals surface area contributed by atoms with Crippen molar-refractivity contribution in [2.45, 2.75) is 27.7 Å². The first-order valence-electron chi connectivity index (χ1n) is 11.4. The highest BCUT2D eigenvalue weighted by atomic mass is 16.5. The number of hydrogen-bond acceptors (Lipinski definition) is 7. The van der Waals surface area contributed by atoms with Crippen molar-refractivity contribution in [3.8, 4) is 17.3 Å². The van der Waals surface area contributed by atoms with E-state index in [1.165, 1.54) is 25.1 Å². The summed E-state index contributed by atoms with van der Waals surface area (Å²) in [4.78, 5) is 30.8. The molecule has 4 rings (SSSR count). The van der Waals surface area contributed by atoms with Gasteiger partial charge >= 0.3 is 5.97 Å². The van der Waals surface area contributed by atoms with Crippen LogP contribution in [0.15, 0.2) is 42.6 Å². The van der Waals surface area contributed by atoms with Crippen LogP contribution < -0.4 is 14.8 Å². The van der Waals surface area contributed by atoms with Crippen LogP contribution in [0.5, 0.6) is 11.5 Å². The van der Waals surface area contributed by atoms with Crippen LogP contribution in [0, 0.1) is 20.8 Å². The van der Waals surface area contributed by atoms with Crippen molar-refractivity contribution in [1.82, 2.24) is 14.8 Å². The summed E-state index contributed by atoms with van der Waals surface area (Å²) in [6, 6.07) is 10.8. The van der Waals surface area contributed by atoms with Gasteiger partial charge in [-0.1, -0.05) is 11.6 Å². The number of carbonyl (C=O) groups excluding carboxylic acids is 2. The highest BCUT2D eigenvalue weighted by Gasteiger charge is 2.24. The average molecular weight is 489 g/mol. The van der Waals surface area contributed by atoms with Gasteiger partial charge in [-0.3, -0.25) is 4.79 Å². The van der Waals surface area contributed by atoms with E-state index in [4.69, 9.17) is 19.2 Å². The standard InChI is InChI=1S/C27H28N4O5/c1-7-36-27(33)20-14-28-31(23-12-16(3)19-11-15(2)10-17(4)24(19)29-23)25(20)30-26(32)18-8-9-21(34-5)22(13-18)35-6/h8-14H,7H2,1-6H3,(H,30,32). The number of nitrogens with zero attached hydrogens (tertiary/aromatic N) is 3. The van der Waals surface area contributed by atoms with Gasteiger partial charge in [0.15, 0.2) is 23.1 Å². The molecule has 1 amide bonds. The molecule has 2 aromatic heterocycles. The number of aryl methyl sites for hydroxylation is 3. The van der Waals surface area contributed by atoms with E-state index < -0.39 is 11.9 Å². The number of methoxy groups -OCH3 is 2. The normalized spacial score (nSPS) is 10.8. The Morgan fingerprint density at radius 3 is 2.42 bits per heavy atom. The first-order valence-corrected chi connectivity index (χ1v) is 11.4. The second-order valence-corrected chi connectivity index (χ2v) is 8.34. The van der Waals surface area contributed by atoms with Crippen LogP contribution in [0.2, 0.25) is 0 Å². The zero-order valence-electron chi connectivity index (χ0n) is 21.1. The molecule has 4 aromatic rings. The molecular formula is C27H28N4O5. The minimum absolute atomic E-state index is 0.117. The molecule has 0 saturated heterocycles. The number of benzene rings is 2. The molecule has 186 valence electrons. The van der Waals surface area contributed by atoms with Gasteiger partial charge in [0.25, 0.3) is 5.91 Å². The lowest BCUT2D eigenvalue weighted by Crippen LogP contribution is -2.18. The molecule has 0 spiro atoms. The first-order chi connectivity index (χ1) is 17.3. The smallest absolute Gasteiger partial charge is 0.343 e. The molecule has 0 atom stereocenters. The van der Waals surface area contributed by atoms with Crippen molar-refractivity contribution in [2.24, 2.45) is 0 Å². The number of nitrogens with one attached hydrogen (secondary N) is 1. The number of esters is 1. The van der Waals surface area contributed by atoms with E-state index in [9.17, 15) is 9.59 Å². The molecule has 9 heteroatoms. The minimum Gasteiger partial charge on any atom is -0.493 e. The topological polar surface area (TPSA) is 105 Å². The predicted molar refractivity (Wildman–Crippen MR) is 137 cm³/mol. The van der Waals surface area contributed by atoms with Gasteiger partial charge in [-0.05, 0) is 69.2 Å². The van der Waals surface area contributed by atoms with Gasteiger partial charge in [-0.15, -0.1) is 0 Å². The number of aromatic nitrogens is 3. The monoisotopic (exact) mass is 488 g/mol. The maximum Gasteiger partial charge on any atom is 0.343 e. The largest absolute Gasteiger partial charge is 0.493 e. The number of rotatable bonds is 7. The van der Waals surface area contributed by atoms with Gasteiger partial charge in [0.2, 0.25) is 0 Å². The maximum absolute atomic E-state index is 13.2. The molecule has 1 N–H and O–H groups in total. The molecule has 0 aliphatic carbocycles. The van der Waals surface area contributed by atoms with E-state index in [-0.39, 0.29) is 18.0 Å². The highest BCUT2D eigenvalue weighted by molar-refractivity contribution is 6.07. The Kier molecular flexibility index (Phi) is 6.91. The van der Waals surface area contributed by atoms with Crippen molar-refractivity contribution in [3.05, 3.63) is 70.4 Å². The lowest BCUT2D eigenvalue weighted by atomic mass is 10.0. The van der Waals surface area contributed by atoms with Gasteiger partial charge in [0.05, 0.1) is 32.5 Å². The summed E-state index contributed by atoms with van der Waals surface area (Å²) >= 11 is 0. The average Bonchev–Trinajstić information content (AvgIpc) is 3.27. The summed E-state index contributed by atoms with van der Waals surface area (Å²) in [6.07, 6.45) is 1.37. The lowest BCUT2D eigenvalue weighted by Gasteiger charge is -2.14. The van der Waals surface area contributed by atoms with E-state index in [2.05, 4.69) is 22.5 Å². The fraction of sp³-hybridized carbons (Fsp3) is 0.259. The Balaban J connectivity index is 1.82. The summed E-state index contributed by atoms with van der Waals surface area (Å²) in [7, 11) is 3.01. The molecule has 0 bridgehead atoms. The van der Waals surface area contributed by atoms with Crippen LogP contribution in [-0.2, 0) is 4.74 Å². The van der Waals surface area contributed by atoms with E-state index in [1.54, 1.807) is 25.1 Å². The molecule has 9 nitrogen and oxygen atoms in total. The summed E-state index contributed by atoms with van der Waals surface area (Å²) in [5.41, 5.74) is 4.40. The molecule has 0 saturated carbocycles. The zero-order valence-corrected chi connectivity index (χ0v) is 21.1. The number of amides is 1. The van der Waals surface area contributed by atoms with Gasteiger partial charge in [-0.25, -0.2) is 9.78 Å². The summed E-state index contributed by atoms with van der Waals surface area (Å²) in [6.45, 7) is 7.92. The van der Waals surface area contributed by atoms with Gasteiger partial charge < -0.3 is 19.5 Å². The Hall–Kier alpha value is -4.40. The minimum atomic E-state index is -0.601. The predicted octanol–water partition coefficient (Wildman–Crippen LogP) is 4.79. The molecule has 0 fully saturated rings. The third kappa shape index (κ3) is 4.59. The van der Waals surface area contributed by atoms with Crippen molar-refractivity contribution in [3.63, 3.8) is 0 Å². The van der Waals surface area contributed by atoms with Crippen LogP contribution in [0.1, 0.15) is 44.3 Å². The second kappa shape index (κ2) is 10.1. The summed E-state index contributed by atoms with van der Waals surface area (Å²) in [5, 5.41) is 8.24. The third-order valence-corrected chi connectivity index (χ3v) is 5.80. The van der Waals surface area contributed by atoms with E-state index in [0.717, 1.165) is 27.6 Å². The molecule has 0 aliphatic rings. The fourth-order valence-corrected chi connectivity index (χ4v) is 4.09. The number of anilines is 1. The van der Waals surface area contributed by atoms with Crippen LogP contribution in [0.4, 0.5) is 5.82 Å². The van der Waals surface area contributed by atoms with Crippen molar-refractivity contribution in [1.29, 1.82) is 0 Å². The summed E-state index contributed by atoms with van der Waals surface area (Å²) < 4.78 is 17.2. The summed E-state index contributed by atoms with van der Waals surface area (Å²) in [5.74, 6) is 0.451. The van der Waals surface area contributed by atoms with E-state index in [1.807, 2.05) is 26.8 Å². The highest BCUT2D eigenvalue weighted by Crippen LogP contribution is 2.30. The van der Waals surface area contributed by atoms with Crippen LogP contribution >= 0.6 is 0 Å². The van der Waals surface area contributed by atoms with E-state index >= 15 is 0 Å². The molecule has 0 radical (unpaired) electrons. The van der Waals surface area contributed by atoms with Gasteiger partial charge in [0.1, 0.15) is 5.56 Å². The Morgan fingerprint density at radius 2 is 1.72 bits per heavy atom. The Labute approximate surface area is 209 Å². The van der Waals surface area contributed by atoms with Gasteiger partial charge in [-0.2, -0.15) is 9.78 Å². The Bertz CT molecular complexity index is 1480. The first kappa shape index (κ1) is 24.7. The van der Waals surface area contributed by atoms with E-state index in [0.29, 0.717) is 22.9 Å². The van der Waals surface area contributed by atoms with Crippen molar-refractivity contribution < 1.29 is 23.8 Å². The second-order valence-electron chi connectivity index (χ2n) is 8.34. The number of pyridine rings is 1. The molecule has 0 unspecified atom stereocenters. The molecule has 36 heavy (non-hydrogen) atoms. The molecule has 0 aliphatic heterocycles. The number of carbonyl (C=O) groups is 2. The number of ether oxygens (including phenoxy) is 3. The maximum atomic E-state index is 13.2. The SMILES string of the molecule is CCOC(=O)c1cnn(-c2cc(C)c3cc(C)cc(C)c3n2)c1NC(=O)c1ccc(OC)c(OC)c1. The quantitative estimate of drug-likeness (QED) is 0.373. The number of hydrogen-bond donors (Lipinski definition) is 1. The Morgan fingerprint density at radius 1 is 0.972 bits per heavy atom. The zero-order chi connectivity index (χ0) is 26.0. The third-order valence-electron chi connectivity index (χ3n) is 5.80. The lowest BCUT2D eigenvalue weighted by molar-refractivity contribution is 0.0527. The van der Waals surface area contributed by atoms with Gasteiger partial charge in [0, 0.05) is 10.9 Å². The van der Waals surface area contributed by atoms with Crippen LogP contribution in [0.3, 0.4) is 0 Å². The number of fused-ring (bicyclic) bond motifs is 1. The fourth-order valence-electron chi connectivity index (χ4n) is 4.09. The van der Waals surface area contributed by atoms with Crippen LogP contribution in [-0.4, -0.2) is 47.5 Å². The van der Waals surface area contributed by atoms with Crippen LogP contribution in [0.25, 0.3) is 16.7 Å². The molecule has 2 aromatic carbocycles. The molecular weight excluding hydrogens is 460 g/mol. The van der Waals surface area contributed by atoms with Crippen molar-refractivity contribution in [2.75, 3.05) is 26.1 Å².